The minimum absolute atomic E-state index is 0.141. The number of fused-ring (bicyclic) bond motifs is 1. The predicted molar refractivity (Wildman–Crippen MR) is 124 cm³/mol. The van der Waals surface area contributed by atoms with Crippen LogP contribution in [0.2, 0.25) is 0 Å². The van der Waals surface area contributed by atoms with Crippen molar-refractivity contribution in [3.05, 3.63) is 52.6 Å². The van der Waals surface area contributed by atoms with Crippen molar-refractivity contribution in [2.75, 3.05) is 19.3 Å². The maximum Gasteiger partial charge on any atom is 0.255 e. The summed E-state index contributed by atoms with van der Waals surface area (Å²) in [6.07, 6.45) is 5.92. The third-order valence-electron chi connectivity index (χ3n) is 6.94. The number of rotatable bonds is 5. The number of aromatic nitrogens is 2. The zero-order chi connectivity index (χ0) is 23.8. The van der Waals surface area contributed by atoms with Crippen molar-refractivity contribution < 1.29 is 18.8 Å². The highest BCUT2D eigenvalue weighted by Crippen LogP contribution is 2.38. The number of piperidine rings is 2. The fourth-order valence-electron chi connectivity index (χ4n) is 5.21. The van der Waals surface area contributed by atoms with Gasteiger partial charge in [-0.05, 0) is 73.9 Å². The van der Waals surface area contributed by atoms with E-state index in [1.807, 2.05) is 12.3 Å². The standard InChI is InChI=1S/C24H26FN5O3S/c1-34-24-26-7-4-16(27-24)12-29-8-5-14(6-9-29)17-10-15(25)11-18-19(17)13-30(23(18)33)20-2-3-21(31)28-22(20)32/h4,7,10-11,14,20H,2-3,5-6,8-9,12-13H2,1H3,(H,28,31,32). The first-order valence-electron chi connectivity index (χ1n) is 11.5. The molecule has 178 valence electrons. The van der Waals surface area contributed by atoms with Gasteiger partial charge in [0.1, 0.15) is 11.9 Å². The third-order valence-corrected chi connectivity index (χ3v) is 7.50. The van der Waals surface area contributed by atoms with Crippen molar-refractivity contribution in [1.82, 2.24) is 25.1 Å². The van der Waals surface area contributed by atoms with Crippen molar-refractivity contribution in [3.8, 4) is 0 Å². The number of carbonyl (C=O) groups is 3. The molecule has 1 N–H and O–H groups in total. The Labute approximate surface area is 201 Å². The summed E-state index contributed by atoms with van der Waals surface area (Å²) in [6.45, 7) is 2.71. The Bertz CT molecular complexity index is 1150. The number of likely N-dealkylation sites (tertiary alicyclic amines) is 1. The van der Waals surface area contributed by atoms with Crippen molar-refractivity contribution in [1.29, 1.82) is 0 Å². The van der Waals surface area contributed by atoms with E-state index in [0.717, 1.165) is 54.5 Å². The largest absolute Gasteiger partial charge is 0.322 e. The lowest BCUT2D eigenvalue weighted by Crippen LogP contribution is -2.52. The number of benzene rings is 1. The molecule has 3 aliphatic heterocycles. The summed E-state index contributed by atoms with van der Waals surface area (Å²) in [5, 5.41) is 3.07. The van der Waals surface area contributed by atoms with Gasteiger partial charge in [-0.1, -0.05) is 11.8 Å². The van der Waals surface area contributed by atoms with Crippen LogP contribution in [0.1, 0.15) is 58.8 Å². The molecule has 34 heavy (non-hydrogen) atoms. The summed E-state index contributed by atoms with van der Waals surface area (Å²) in [4.78, 5) is 49.6. The number of thioether (sulfide) groups is 1. The molecule has 3 aliphatic rings. The van der Waals surface area contributed by atoms with Gasteiger partial charge >= 0.3 is 0 Å². The van der Waals surface area contributed by atoms with Crippen LogP contribution in [0.5, 0.6) is 0 Å². The van der Waals surface area contributed by atoms with Crippen LogP contribution >= 0.6 is 11.8 Å². The Hall–Kier alpha value is -2.85. The van der Waals surface area contributed by atoms with Gasteiger partial charge in [0.15, 0.2) is 5.16 Å². The second-order valence-electron chi connectivity index (χ2n) is 9.01. The van der Waals surface area contributed by atoms with Gasteiger partial charge in [-0.15, -0.1) is 0 Å². The first-order chi connectivity index (χ1) is 16.4. The molecule has 1 aromatic heterocycles. The van der Waals surface area contributed by atoms with E-state index >= 15 is 0 Å². The molecule has 10 heteroatoms. The predicted octanol–water partition coefficient (Wildman–Crippen LogP) is 2.48. The average molecular weight is 484 g/mol. The van der Waals surface area contributed by atoms with Crippen LogP contribution in [0.4, 0.5) is 4.39 Å². The van der Waals surface area contributed by atoms with E-state index in [9.17, 15) is 18.8 Å². The molecule has 2 saturated heterocycles. The van der Waals surface area contributed by atoms with Crippen LogP contribution in [-0.2, 0) is 22.7 Å². The van der Waals surface area contributed by atoms with E-state index in [1.165, 1.54) is 22.7 Å². The summed E-state index contributed by atoms with van der Waals surface area (Å²) in [6, 6.07) is 4.06. The fourth-order valence-corrected chi connectivity index (χ4v) is 5.59. The molecular formula is C24H26FN5O3S. The van der Waals surface area contributed by atoms with Crippen LogP contribution in [0.25, 0.3) is 0 Å². The minimum atomic E-state index is -0.700. The molecule has 0 spiro atoms. The lowest BCUT2D eigenvalue weighted by Gasteiger charge is -2.33. The molecular weight excluding hydrogens is 457 g/mol. The molecule has 2 aromatic rings. The quantitative estimate of drug-likeness (QED) is 0.397. The van der Waals surface area contributed by atoms with Gasteiger partial charge in [-0.3, -0.25) is 24.6 Å². The van der Waals surface area contributed by atoms with Gasteiger partial charge in [0, 0.05) is 31.3 Å². The summed E-state index contributed by atoms with van der Waals surface area (Å²) >= 11 is 1.52. The summed E-state index contributed by atoms with van der Waals surface area (Å²) in [5.41, 5.74) is 3.00. The van der Waals surface area contributed by atoms with Gasteiger partial charge in [0.2, 0.25) is 11.8 Å². The Morgan fingerprint density at radius 1 is 1.18 bits per heavy atom. The Morgan fingerprint density at radius 3 is 2.71 bits per heavy atom. The van der Waals surface area contributed by atoms with Crippen molar-refractivity contribution in [2.24, 2.45) is 0 Å². The lowest BCUT2D eigenvalue weighted by molar-refractivity contribution is -0.136. The number of hydrogen-bond donors (Lipinski definition) is 1. The maximum absolute atomic E-state index is 14.6. The minimum Gasteiger partial charge on any atom is -0.322 e. The number of amides is 3. The van der Waals surface area contributed by atoms with Crippen LogP contribution in [0.3, 0.4) is 0 Å². The number of nitrogens with zero attached hydrogens (tertiary/aromatic N) is 4. The molecule has 3 amide bonds. The first kappa shape index (κ1) is 22.9. The van der Waals surface area contributed by atoms with Crippen molar-refractivity contribution >= 4 is 29.5 Å². The second kappa shape index (κ2) is 9.42. The zero-order valence-corrected chi connectivity index (χ0v) is 19.7. The molecule has 1 unspecified atom stereocenters. The third kappa shape index (κ3) is 4.44. The van der Waals surface area contributed by atoms with E-state index in [4.69, 9.17) is 0 Å². The van der Waals surface area contributed by atoms with Crippen molar-refractivity contribution in [2.45, 2.75) is 55.9 Å². The van der Waals surface area contributed by atoms with Gasteiger partial charge in [0.25, 0.3) is 5.91 Å². The Morgan fingerprint density at radius 2 is 1.97 bits per heavy atom. The molecule has 1 atom stereocenters. The topological polar surface area (TPSA) is 95.5 Å². The molecule has 5 rings (SSSR count). The number of hydrogen-bond acceptors (Lipinski definition) is 7. The van der Waals surface area contributed by atoms with Crippen LogP contribution in [0, 0.1) is 5.82 Å². The molecule has 0 aliphatic carbocycles. The van der Waals surface area contributed by atoms with E-state index in [2.05, 4.69) is 20.2 Å². The molecule has 0 saturated carbocycles. The van der Waals surface area contributed by atoms with E-state index in [-0.39, 0.29) is 30.7 Å². The van der Waals surface area contributed by atoms with Crippen LogP contribution in [-0.4, -0.2) is 62.9 Å². The number of nitrogens with one attached hydrogen (secondary N) is 1. The summed E-state index contributed by atoms with van der Waals surface area (Å²) < 4.78 is 14.6. The fraction of sp³-hybridized carbons (Fsp3) is 0.458. The maximum atomic E-state index is 14.6. The van der Waals surface area contributed by atoms with E-state index < -0.39 is 17.8 Å². The SMILES string of the molecule is CSc1nccc(CN2CCC(c3cc(F)cc4c3CN(C3CCC(=O)NC3=O)C4=O)CC2)n1. The van der Waals surface area contributed by atoms with Crippen molar-refractivity contribution in [3.63, 3.8) is 0 Å². The molecule has 0 radical (unpaired) electrons. The molecule has 1 aromatic carbocycles. The Kier molecular flexibility index (Phi) is 6.35. The molecule has 8 nitrogen and oxygen atoms in total. The van der Waals surface area contributed by atoms with Gasteiger partial charge < -0.3 is 4.90 Å². The summed E-state index contributed by atoms with van der Waals surface area (Å²) in [5.74, 6) is -1.41. The number of carbonyl (C=O) groups excluding carboxylic acids is 3. The van der Waals surface area contributed by atoms with E-state index in [0.29, 0.717) is 12.0 Å². The highest BCUT2D eigenvalue weighted by atomic mass is 32.2. The molecule has 0 bridgehead atoms. The van der Waals surface area contributed by atoms with Gasteiger partial charge in [-0.2, -0.15) is 0 Å². The normalized spacial score (nSPS) is 21.6. The monoisotopic (exact) mass is 483 g/mol. The highest BCUT2D eigenvalue weighted by Gasteiger charge is 2.41. The van der Waals surface area contributed by atoms with Crippen LogP contribution < -0.4 is 5.32 Å². The highest BCUT2D eigenvalue weighted by molar-refractivity contribution is 7.98. The number of halogens is 1. The smallest absolute Gasteiger partial charge is 0.255 e. The second-order valence-corrected chi connectivity index (χ2v) is 9.78. The Balaban J connectivity index is 1.30. The van der Waals surface area contributed by atoms with E-state index in [1.54, 1.807) is 12.3 Å². The molecule has 4 heterocycles. The molecule has 2 fully saturated rings. The lowest BCUT2D eigenvalue weighted by atomic mass is 9.85. The van der Waals surface area contributed by atoms with Gasteiger partial charge in [-0.25, -0.2) is 14.4 Å². The van der Waals surface area contributed by atoms with Gasteiger partial charge in [0.05, 0.1) is 5.69 Å². The summed E-state index contributed by atoms with van der Waals surface area (Å²) in [7, 11) is 0. The van der Waals surface area contributed by atoms with Crippen LogP contribution in [0.15, 0.2) is 29.6 Å². The average Bonchev–Trinajstić information content (AvgIpc) is 3.15. The zero-order valence-electron chi connectivity index (χ0n) is 18.9. The number of imide groups is 1. The first-order valence-corrected chi connectivity index (χ1v) is 12.7.